The normalized spacial score (nSPS) is 23.3. The van der Waals surface area contributed by atoms with Gasteiger partial charge in [-0.1, -0.05) is 18.0 Å². The fourth-order valence-corrected chi connectivity index (χ4v) is 5.69. The molecule has 1 saturated carbocycles. The Hall–Kier alpha value is -4.15. The van der Waals surface area contributed by atoms with Crippen LogP contribution in [-0.2, 0) is 4.79 Å². The van der Waals surface area contributed by atoms with Gasteiger partial charge in [-0.05, 0) is 49.9 Å². The van der Waals surface area contributed by atoms with Gasteiger partial charge in [-0.25, -0.2) is 4.79 Å². The zero-order valence-electron chi connectivity index (χ0n) is 21.7. The number of fused-ring (bicyclic) bond motifs is 2. The fraction of sp³-hybridized carbons (Fsp3) is 0.464. The van der Waals surface area contributed by atoms with Crippen LogP contribution in [0.4, 0.5) is 10.5 Å². The van der Waals surface area contributed by atoms with Crippen molar-refractivity contribution < 1.29 is 23.6 Å². The topological polar surface area (TPSA) is 132 Å². The Bertz CT molecular complexity index is 1310. The summed E-state index contributed by atoms with van der Waals surface area (Å²) in [6.07, 6.45) is 8.24. The lowest BCUT2D eigenvalue weighted by molar-refractivity contribution is -0.126. The van der Waals surface area contributed by atoms with Crippen LogP contribution in [0.3, 0.4) is 0 Å². The van der Waals surface area contributed by atoms with Gasteiger partial charge >= 0.3 is 6.03 Å². The Morgan fingerprint density at radius 1 is 1.05 bits per heavy atom. The van der Waals surface area contributed by atoms with Crippen LogP contribution in [-0.4, -0.2) is 64.3 Å². The van der Waals surface area contributed by atoms with Crippen molar-refractivity contribution in [3.05, 3.63) is 48.6 Å². The minimum Gasteiger partial charge on any atom is -0.486 e. The molecule has 39 heavy (non-hydrogen) atoms. The molecule has 2 aromatic heterocycles. The molecule has 204 valence electrons. The van der Waals surface area contributed by atoms with Gasteiger partial charge in [-0.2, -0.15) is 4.98 Å². The number of pyridine rings is 1. The summed E-state index contributed by atoms with van der Waals surface area (Å²) in [6.45, 7) is 2.17. The van der Waals surface area contributed by atoms with Crippen molar-refractivity contribution >= 4 is 17.6 Å². The number of rotatable bonds is 3. The zero-order chi connectivity index (χ0) is 26.6. The molecule has 1 aromatic carbocycles. The highest BCUT2D eigenvalue weighted by Crippen LogP contribution is 2.42. The lowest BCUT2D eigenvalue weighted by atomic mass is 10.0. The van der Waals surface area contributed by atoms with Gasteiger partial charge in [-0.3, -0.25) is 9.78 Å². The molecule has 3 amide bonds. The van der Waals surface area contributed by atoms with Gasteiger partial charge in [0.05, 0.1) is 5.92 Å². The second kappa shape index (κ2) is 11.3. The highest BCUT2D eigenvalue weighted by molar-refractivity contribution is 5.91. The molecule has 2 aliphatic heterocycles. The number of carbonyl (C=O) groups is 2. The van der Waals surface area contributed by atoms with E-state index in [1.807, 2.05) is 17.0 Å². The van der Waals surface area contributed by atoms with Crippen LogP contribution in [0.15, 0.2) is 47.2 Å². The molecule has 2 N–H and O–H groups in total. The minimum absolute atomic E-state index is 0.0338. The van der Waals surface area contributed by atoms with E-state index in [1.54, 1.807) is 30.6 Å². The maximum atomic E-state index is 13.7. The number of hydrogen-bond acceptors (Lipinski definition) is 8. The second-order valence-corrected chi connectivity index (χ2v) is 10.2. The molecule has 0 bridgehead atoms. The SMILES string of the molecule is O=C1NCCCCCCN(C(=O)Nc2ccc3c(c2)OCCO3)[C@H]2C[C@H](c3nc(-c4cccnc4)no3)C[C@@H]12. The standard InChI is InChI=1S/C28H32N6O5/c35-26-21-14-19(27-32-25(33-39-27)18-6-5-9-29-17-18)15-22(21)34(11-4-2-1-3-10-30-26)28(36)31-20-7-8-23-24(16-20)38-13-12-37-23/h5-9,16-17,19,21-22H,1-4,10-15H2,(H,30,35)(H,31,36)/t19-,21-,22+/m1/s1. The van der Waals surface area contributed by atoms with Gasteiger partial charge in [-0.15, -0.1) is 0 Å². The number of anilines is 1. The van der Waals surface area contributed by atoms with Crippen LogP contribution in [0.5, 0.6) is 11.5 Å². The molecule has 0 radical (unpaired) electrons. The molecule has 3 aliphatic rings. The Balaban J connectivity index is 1.25. The summed E-state index contributed by atoms with van der Waals surface area (Å²) in [7, 11) is 0. The quantitative estimate of drug-likeness (QED) is 0.518. The number of amides is 3. The first-order valence-electron chi connectivity index (χ1n) is 13.6. The Labute approximate surface area is 226 Å². The molecule has 4 heterocycles. The molecule has 11 heteroatoms. The van der Waals surface area contributed by atoms with Crippen molar-refractivity contribution in [2.45, 2.75) is 50.5 Å². The molecule has 1 saturated heterocycles. The van der Waals surface area contributed by atoms with E-state index < -0.39 is 0 Å². The lowest BCUT2D eigenvalue weighted by Crippen LogP contribution is -2.48. The molecule has 1 aliphatic carbocycles. The number of hydrogen-bond donors (Lipinski definition) is 2. The van der Waals surface area contributed by atoms with Crippen LogP contribution >= 0.6 is 0 Å². The van der Waals surface area contributed by atoms with Crippen LogP contribution in [0.1, 0.15) is 50.3 Å². The minimum atomic E-state index is -0.382. The number of carbonyl (C=O) groups excluding carboxylic acids is 2. The van der Waals surface area contributed by atoms with E-state index in [-0.39, 0.29) is 29.8 Å². The highest BCUT2D eigenvalue weighted by atomic mass is 16.6. The maximum absolute atomic E-state index is 13.7. The maximum Gasteiger partial charge on any atom is 0.322 e. The van der Waals surface area contributed by atoms with Crippen molar-refractivity contribution in [2.75, 3.05) is 31.6 Å². The molecule has 3 atom stereocenters. The van der Waals surface area contributed by atoms with Crippen LogP contribution in [0, 0.1) is 5.92 Å². The van der Waals surface area contributed by atoms with Crippen molar-refractivity contribution in [2.24, 2.45) is 5.92 Å². The van der Waals surface area contributed by atoms with E-state index in [4.69, 9.17) is 14.0 Å². The van der Waals surface area contributed by atoms with E-state index in [1.165, 1.54) is 0 Å². The largest absolute Gasteiger partial charge is 0.486 e. The Morgan fingerprint density at radius 2 is 1.92 bits per heavy atom. The molecule has 3 aromatic rings. The monoisotopic (exact) mass is 532 g/mol. The van der Waals surface area contributed by atoms with Crippen molar-refractivity contribution in [3.63, 3.8) is 0 Å². The van der Waals surface area contributed by atoms with Crippen LogP contribution in [0.2, 0.25) is 0 Å². The van der Waals surface area contributed by atoms with Crippen LogP contribution < -0.4 is 20.1 Å². The Kier molecular flexibility index (Phi) is 7.29. The first-order valence-corrected chi connectivity index (χ1v) is 13.6. The van der Waals surface area contributed by atoms with E-state index >= 15 is 0 Å². The van der Waals surface area contributed by atoms with Gasteiger partial charge in [0.1, 0.15) is 13.2 Å². The van der Waals surface area contributed by atoms with Crippen molar-refractivity contribution in [1.29, 1.82) is 0 Å². The number of aromatic nitrogens is 3. The highest BCUT2D eigenvalue weighted by Gasteiger charge is 2.45. The number of urea groups is 1. The molecule has 2 fully saturated rings. The van der Waals surface area contributed by atoms with E-state index in [2.05, 4.69) is 25.8 Å². The molecule has 0 spiro atoms. The summed E-state index contributed by atoms with van der Waals surface area (Å²) < 4.78 is 16.9. The predicted octanol–water partition coefficient (Wildman–Crippen LogP) is 3.99. The summed E-state index contributed by atoms with van der Waals surface area (Å²) in [4.78, 5) is 37.6. The fourth-order valence-electron chi connectivity index (χ4n) is 5.69. The van der Waals surface area contributed by atoms with Crippen molar-refractivity contribution in [3.8, 4) is 22.9 Å². The van der Waals surface area contributed by atoms with E-state index in [0.29, 0.717) is 68.0 Å². The zero-order valence-corrected chi connectivity index (χ0v) is 21.7. The third-order valence-corrected chi connectivity index (χ3v) is 7.66. The summed E-state index contributed by atoms with van der Waals surface area (Å²) in [5.74, 6) is 1.65. The number of benzene rings is 1. The molecule has 0 unspecified atom stereocenters. The van der Waals surface area contributed by atoms with E-state index in [0.717, 1.165) is 31.2 Å². The third-order valence-electron chi connectivity index (χ3n) is 7.66. The number of nitrogens with one attached hydrogen (secondary N) is 2. The second-order valence-electron chi connectivity index (χ2n) is 10.2. The molecular formula is C28H32N6O5. The van der Waals surface area contributed by atoms with Gasteiger partial charge in [0.15, 0.2) is 11.5 Å². The molecule has 11 nitrogen and oxygen atoms in total. The summed E-state index contributed by atoms with van der Waals surface area (Å²) in [6, 6.07) is 8.53. The third kappa shape index (κ3) is 5.52. The van der Waals surface area contributed by atoms with Gasteiger partial charge in [0.2, 0.25) is 17.6 Å². The van der Waals surface area contributed by atoms with E-state index in [9.17, 15) is 9.59 Å². The first kappa shape index (κ1) is 25.1. The summed E-state index contributed by atoms with van der Waals surface area (Å²) in [5.41, 5.74) is 1.38. The first-order chi connectivity index (χ1) is 19.2. The summed E-state index contributed by atoms with van der Waals surface area (Å²) >= 11 is 0. The smallest absolute Gasteiger partial charge is 0.322 e. The Morgan fingerprint density at radius 3 is 2.79 bits per heavy atom. The van der Waals surface area contributed by atoms with Crippen molar-refractivity contribution in [1.82, 2.24) is 25.3 Å². The summed E-state index contributed by atoms with van der Waals surface area (Å²) in [5, 5.41) is 10.3. The van der Waals surface area contributed by atoms with Gasteiger partial charge in [0, 0.05) is 54.8 Å². The lowest BCUT2D eigenvalue weighted by Gasteiger charge is -2.32. The average molecular weight is 533 g/mol. The molecule has 6 rings (SSSR count). The van der Waals surface area contributed by atoms with Gasteiger partial charge in [0.25, 0.3) is 0 Å². The van der Waals surface area contributed by atoms with Gasteiger partial charge < -0.3 is 29.5 Å². The molecular weight excluding hydrogens is 500 g/mol. The predicted molar refractivity (Wildman–Crippen MR) is 141 cm³/mol. The number of ether oxygens (including phenoxy) is 2. The van der Waals surface area contributed by atoms with Crippen LogP contribution in [0.25, 0.3) is 11.4 Å². The average Bonchev–Trinajstić information content (AvgIpc) is 3.62. The number of nitrogens with zero attached hydrogens (tertiary/aromatic N) is 4.